The van der Waals surface area contributed by atoms with Crippen LogP contribution in [0.5, 0.6) is 5.75 Å². The van der Waals surface area contributed by atoms with Gasteiger partial charge >= 0.3 is 0 Å². The van der Waals surface area contributed by atoms with E-state index in [9.17, 15) is 4.79 Å². The minimum absolute atomic E-state index is 0.0581. The van der Waals surface area contributed by atoms with E-state index in [4.69, 9.17) is 9.84 Å². The predicted octanol–water partition coefficient (Wildman–Crippen LogP) is -0.00770. The van der Waals surface area contributed by atoms with E-state index in [-0.39, 0.29) is 25.1 Å². The SMILES string of the molecule is COc1ccccc1N1CC(=O)NC(CO)C1. The number of hydrogen-bond donors (Lipinski definition) is 2. The van der Waals surface area contributed by atoms with Crippen LogP contribution >= 0.6 is 0 Å². The number of aliphatic hydroxyl groups is 1. The zero-order chi connectivity index (χ0) is 12.3. The molecule has 0 bridgehead atoms. The number of rotatable bonds is 3. The van der Waals surface area contributed by atoms with E-state index in [1.807, 2.05) is 29.2 Å². The maximum atomic E-state index is 11.5. The molecule has 5 nitrogen and oxygen atoms in total. The van der Waals surface area contributed by atoms with Gasteiger partial charge in [0.25, 0.3) is 0 Å². The van der Waals surface area contributed by atoms with E-state index >= 15 is 0 Å². The molecule has 1 aliphatic heterocycles. The summed E-state index contributed by atoms with van der Waals surface area (Å²) in [4.78, 5) is 13.4. The van der Waals surface area contributed by atoms with Gasteiger partial charge in [-0.25, -0.2) is 0 Å². The van der Waals surface area contributed by atoms with Crippen molar-refractivity contribution in [3.8, 4) is 5.75 Å². The lowest BCUT2D eigenvalue weighted by Gasteiger charge is -2.34. The number of piperazine rings is 1. The molecule has 0 aliphatic carbocycles. The number of ether oxygens (including phenoxy) is 1. The number of anilines is 1. The Morgan fingerprint density at radius 2 is 2.29 bits per heavy atom. The Hall–Kier alpha value is -1.75. The zero-order valence-electron chi connectivity index (χ0n) is 9.72. The maximum absolute atomic E-state index is 11.5. The summed E-state index contributed by atoms with van der Waals surface area (Å²) < 4.78 is 5.27. The van der Waals surface area contributed by atoms with E-state index in [1.54, 1.807) is 7.11 Å². The fourth-order valence-electron chi connectivity index (χ4n) is 2.00. The Morgan fingerprint density at radius 3 is 3.00 bits per heavy atom. The van der Waals surface area contributed by atoms with Crippen LogP contribution in [0.4, 0.5) is 5.69 Å². The van der Waals surface area contributed by atoms with Crippen LogP contribution < -0.4 is 15.0 Å². The Balaban J connectivity index is 2.23. The minimum Gasteiger partial charge on any atom is -0.495 e. The molecular weight excluding hydrogens is 220 g/mol. The van der Waals surface area contributed by atoms with E-state index in [0.29, 0.717) is 6.54 Å². The lowest BCUT2D eigenvalue weighted by atomic mass is 10.1. The summed E-state index contributed by atoms with van der Waals surface area (Å²) in [5.41, 5.74) is 0.878. The van der Waals surface area contributed by atoms with Gasteiger partial charge in [-0.15, -0.1) is 0 Å². The molecule has 0 radical (unpaired) electrons. The van der Waals surface area contributed by atoms with Gasteiger partial charge in [0.05, 0.1) is 32.0 Å². The van der Waals surface area contributed by atoms with Gasteiger partial charge in [-0.05, 0) is 12.1 Å². The fraction of sp³-hybridized carbons (Fsp3) is 0.417. The molecule has 1 heterocycles. The largest absolute Gasteiger partial charge is 0.495 e. The number of nitrogens with zero attached hydrogens (tertiary/aromatic N) is 1. The third-order valence-corrected chi connectivity index (χ3v) is 2.79. The number of carbonyl (C=O) groups excluding carboxylic acids is 1. The van der Waals surface area contributed by atoms with Crippen LogP contribution in [0.1, 0.15) is 0 Å². The molecule has 1 aliphatic rings. The summed E-state index contributed by atoms with van der Waals surface area (Å²) in [6.45, 7) is 0.816. The smallest absolute Gasteiger partial charge is 0.239 e. The first-order valence-electron chi connectivity index (χ1n) is 5.52. The monoisotopic (exact) mass is 236 g/mol. The number of hydrogen-bond acceptors (Lipinski definition) is 4. The van der Waals surface area contributed by atoms with Gasteiger partial charge in [-0.3, -0.25) is 4.79 Å². The number of methoxy groups -OCH3 is 1. The van der Waals surface area contributed by atoms with Crippen LogP contribution in [0.15, 0.2) is 24.3 Å². The number of para-hydroxylation sites is 2. The summed E-state index contributed by atoms with van der Waals surface area (Å²) in [6, 6.07) is 7.33. The molecule has 1 amide bonds. The highest BCUT2D eigenvalue weighted by Crippen LogP contribution is 2.28. The third kappa shape index (κ3) is 2.50. The molecule has 2 N–H and O–H groups in total. The molecule has 0 spiro atoms. The molecule has 0 saturated carbocycles. The third-order valence-electron chi connectivity index (χ3n) is 2.79. The molecule has 5 heteroatoms. The molecular formula is C12H16N2O3. The first-order valence-corrected chi connectivity index (χ1v) is 5.52. The molecule has 1 fully saturated rings. The summed E-state index contributed by atoms with van der Waals surface area (Å²) >= 11 is 0. The van der Waals surface area contributed by atoms with Crippen molar-refractivity contribution in [3.63, 3.8) is 0 Å². The molecule has 1 aromatic carbocycles. The molecule has 1 aromatic rings. The van der Waals surface area contributed by atoms with Crippen molar-refractivity contribution in [2.45, 2.75) is 6.04 Å². The van der Waals surface area contributed by atoms with E-state index in [1.165, 1.54) is 0 Å². The van der Waals surface area contributed by atoms with Crippen molar-refractivity contribution < 1.29 is 14.6 Å². The molecule has 2 rings (SSSR count). The van der Waals surface area contributed by atoms with Gasteiger partial charge in [0.15, 0.2) is 0 Å². The second-order valence-electron chi connectivity index (χ2n) is 4.00. The molecule has 1 unspecified atom stereocenters. The molecule has 92 valence electrons. The Morgan fingerprint density at radius 1 is 1.53 bits per heavy atom. The van der Waals surface area contributed by atoms with E-state index < -0.39 is 0 Å². The van der Waals surface area contributed by atoms with Crippen LogP contribution in [-0.2, 0) is 4.79 Å². The summed E-state index contributed by atoms with van der Waals surface area (Å²) in [5.74, 6) is 0.653. The average Bonchev–Trinajstić information content (AvgIpc) is 2.37. The zero-order valence-corrected chi connectivity index (χ0v) is 9.72. The van der Waals surface area contributed by atoms with Crippen LogP contribution in [0.2, 0.25) is 0 Å². The summed E-state index contributed by atoms with van der Waals surface area (Å²) in [6.07, 6.45) is 0. The van der Waals surface area contributed by atoms with Gasteiger partial charge in [-0.2, -0.15) is 0 Å². The van der Waals surface area contributed by atoms with Crippen molar-refractivity contribution in [1.29, 1.82) is 0 Å². The first kappa shape index (κ1) is 11.7. The van der Waals surface area contributed by atoms with Crippen molar-refractivity contribution in [1.82, 2.24) is 5.32 Å². The van der Waals surface area contributed by atoms with E-state index in [0.717, 1.165) is 11.4 Å². The second-order valence-corrected chi connectivity index (χ2v) is 4.00. The van der Waals surface area contributed by atoms with Gasteiger partial charge in [0.2, 0.25) is 5.91 Å². The van der Waals surface area contributed by atoms with Gasteiger partial charge in [0.1, 0.15) is 5.75 Å². The lowest BCUT2D eigenvalue weighted by molar-refractivity contribution is -0.121. The Labute approximate surface area is 100.0 Å². The first-order chi connectivity index (χ1) is 8.24. The van der Waals surface area contributed by atoms with Crippen molar-refractivity contribution in [2.75, 3.05) is 31.7 Å². The van der Waals surface area contributed by atoms with Crippen molar-refractivity contribution in [3.05, 3.63) is 24.3 Å². The topological polar surface area (TPSA) is 61.8 Å². The van der Waals surface area contributed by atoms with Crippen LogP contribution in [0, 0.1) is 0 Å². The lowest BCUT2D eigenvalue weighted by Crippen LogP contribution is -2.55. The fourth-order valence-corrected chi connectivity index (χ4v) is 2.00. The molecule has 1 atom stereocenters. The highest BCUT2D eigenvalue weighted by molar-refractivity contribution is 5.83. The molecule has 1 saturated heterocycles. The number of benzene rings is 1. The maximum Gasteiger partial charge on any atom is 0.239 e. The number of carbonyl (C=O) groups is 1. The van der Waals surface area contributed by atoms with Crippen LogP contribution in [-0.4, -0.2) is 43.9 Å². The Bertz CT molecular complexity index is 408. The van der Waals surface area contributed by atoms with Gasteiger partial charge in [0, 0.05) is 6.54 Å². The van der Waals surface area contributed by atoms with Gasteiger partial charge in [-0.1, -0.05) is 12.1 Å². The summed E-state index contributed by atoms with van der Waals surface area (Å²) in [5, 5.41) is 11.9. The average molecular weight is 236 g/mol. The highest BCUT2D eigenvalue weighted by atomic mass is 16.5. The number of aliphatic hydroxyl groups excluding tert-OH is 1. The summed E-state index contributed by atoms with van der Waals surface area (Å²) in [7, 11) is 1.60. The second kappa shape index (κ2) is 5.05. The highest BCUT2D eigenvalue weighted by Gasteiger charge is 2.25. The Kier molecular flexibility index (Phi) is 3.49. The standard InChI is InChI=1S/C12H16N2O3/c1-17-11-5-3-2-4-10(11)14-6-9(8-15)13-12(16)7-14/h2-5,9,15H,6-8H2,1H3,(H,13,16). The van der Waals surface area contributed by atoms with Crippen molar-refractivity contribution in [2.24, 2.45) is 0 Å². The molecule has 0 aromatic heterocycles. The van der Waals surface area contributed by atoms with E-state index in [2.05, 4.69) is 5.32 Å². The molecule has 17 heavy (non-hydrogen) atoms. The number of amides is 1. The quantitative estimate of drug-likeness (QED) is 0.775. The van der Waals surface area contributed by atoms with Crippen LogP contribution in [0.3, 0.4) is 0 Å². The normalized spacial score (nSPS) is 20.0. The minimum atomic E-state index is -0.221. The predicted molar refractivity (Wildman–Crippen MR) is 64.2 cm³/mol. The van der Waals surface area contributed by atoms with Crippen LogP contribution in [0.25, 0.3) is 0 Å². The number of nitrogens with one attached hydrogen (secondary N) is 1. The van der Waals surface area contributed by atoms with Crippen molar-refractivity contribution >= 4 is 11.6 Å². The van der Waals surface area contributed by atoms with Gasteiger partial charge < -0.3 is 20.1 Å².